The number of alkyl carbamates (subject to hydrolysis) is 1. The molecule has 0 saturated heterocycles. The molecule has 1 aromatic carbocycles. The van der Waals surface area contributed by atoms with Crippen molar-refractivity contribution >= 4 is 23.6 Å². The average Bonchev–Trinajstić information content (AvgIpc) is 2.44. The summed E-state index contributed by atoms with van der Waals surface area (Å²) >= 11 is 5.96. The molecule has 6 heteroatoms. The minimum atomic E-state index is -0.536. The van der Waals surface area contributed by atoms with E-state index in [2.05, 4.69) is 5.32 Å². The van der Waals surface area contributed by atoms with Gasteiger partial charge in [-0.1, -0.05) is 23.7 Å². The summed E-state index contributed by atoms with van der Waals surface area (Å²) in [6.07, 6.45) is 1.56. The van der Waals surface area contributed by atoms with Crippen LogP contribution < -0.4 is 5.32 Å². The standard InChI is InChI=1S/C19H29ClN2O3/c1-14(21-18(24)25-19(2,3)4)13-22(5)17(23)11-7-9-15-8-6-10-16(20)12-15/h6,8,10,12,14H,7,9,11,13H2,1-5H3,(H,21,24). The van der Waals surface area contributed by atoms with Crippen LogP contribution in [0.25, 0.3) is 0 Å². The Bertz CT molecular complexity index is 584. The van der Waals surface area contributed by atoms with E-state index in [1.807, 2.05) is 52.0 Å². The molecule has 0 aromatic heterocycles. The Labute approximate surface area is 155 Å². The quantitative estimate of drug-likeness (QED) is 0.790. The molecule has 0 aliphatic heterocycles. The fraction of sp³-hybridized carbons (Fsp3) is 0.579. The van der Waals surface area contributed by atoms with Crippen LogP contribution in [0.2, 0.25) is 5.02 Å². The lowest BCUT2D eigenvalue weighted by Crippen LogP contribution is -2.44. The topological polar surface area (TPSA) is 58.6 Å². The van der Waals surface area contributed by atoms with Crippen molar-refractivity contribution in [2.75, 3.05) is 13.6 Å². The van der Waals surface area contributed by atoms with Gasteiger partial charge < -0.3 is 15.0 Å². The molecule has 0 radical (unpaired) electrons. The van der Waals surface area contributed by atoms with Crippen molar-refractivity contribution < 1.29 is 14.3 Å². The Morgan fingerprint density at radius 1 is 1.32 bits per heavy atom. The lowest BCUT2D eigenvalue weighted by Gasteiger charge is -2.25. The number of aryl methyl sites for hydroxylation is 1. The molecule has 0 spiro atoms. The lowest BCUT2D eigenvalue weighted by molar-refractivity contribution is -0.130. The van der Waals surface area contributed by atoms with E-state index in [9.17, 15) is 9.59 Å². The number of ether oxygens (including phenoxy) is 1. The van der Waals surface area contributed by atoms with E-state index in [-0.39, 0.29) is 11.9 Å². The van der Waals surface area contributed by atoms with Crippen molar-refractivity contribution in [1.29, 1.82) is 0 Å². The molecule has 140 valence electrons. The first-order valence-electron chi connectivity index (χ1n) is 8.55. The monoisotopic (exact) mass is 368 g/mol. The van der Waals surface area contributed by atoms with Gasteiger partial charge in [0, 0.05) is 31.1 Å². The molecule has 2 amide bonds. The summed E-state index contributed by atoms with van der Waals surface area (Å²) in [5.41, 5.74) is 0.592. The molecule has 0 fully saturated rings. The summed E-state index contributed by atoms with van der Waals surface area (Å²) in [4.78, 5) is 25.6. The highest BCUT2D eigenvalue weighted by molar-refractivity contribution is 6.30. The van der Waals surface area contributed by atoms with Crippen LogP contribution in [0, 0.1) is 0 Å². The second-order valence-corrected chi connectivity index (χ2v) is 7.74. The molecule has 1 unspecified atom stereocenters. The number of rotatable bonds is 7. The van der Waals surface area contributed by atoms with Crippen molar-refractivity contribution in [2.24, 2.45) is 0 Å². The SMILES string of the molecule is CC(CN(C)C(=O)CCCc1cccc(Cl)c1)NC(=O)OC(C)(C)C. The zero-order chi connectivity index (χ0) is 19.0. The van der Waals surface area contributed by atoms with E-state index in [4.69, 9.17) is 16.3 Å². The Kier molecular flexibility index (Phi) is 8.23. The van der Waals surface area contributed by atoms with E-state index < -0.39 is 11.7 Å². The molecular weight excluding hydrogens is 340 g/mol. The Morgan fingerprint density at radius 3 is 2.60 bits per heavy atom. The fourth-order valence-corrected chi connectivity index (χ4v) is 2.61. The van der Waals surface area contributed by atoms with E-state index >= 15 is 0 Å². The van der Waals surface area contributed by atoms with Crippen molar-refractivity contribution in [2.45, 2.75) is 58.6 Å². The first-order valence-corrected chi connectivity index (χ1v) is 8.92. The number of nitrogens with zero attached hydrogens (tertiary/aromatic N) is 1. The van der Waals surface area contributed by atoms with Crippen molar-refractivity contribution in [3.63, 3.8) is 0 Å². The van der Waals surface area contributed by atoms with Crippen LogP contribution in [0.5, 0.6) is 0 Å². The number of hydrogen-bond acceptors (Lipinski definition) is 3. The van der Waals surface area contributed by atoms with Gasteiger partial charge in [-0.3, -0.25) is 4.79 Å². The predicted octanol–water partition coefficient (Wildman–Crippen LogP) is 4.03. The molecular formula is C19H29ClN2O3. The summed E-state index contributed by atoms with van der Waals surface area (Å²) in [5.74, 6) is 0.0554. The van der Waals surface area contributed by atoms with Gasteiger partial charge in [-0.25, -0.2) is 4.79 Å². The largest absolute Gasteiger partial charge is 0.444 e. The highest BCUT2D eigenvalue weighted by Crippen LogP contribution is 2.13. The Hall–Kier alpha value is -1.75. The number of halogens is 1. The zero-order valence-corrected chi connectivity index (χ0v) is 16.5. The summed E-state index contributed by atoms with van der Waals surface area (Å²) in [6, 6.07) is 7.49. The minimum absolute atomic E-state index is 0.0554. The van der Waals surface area contributed by atoms with Gasteiger partial charge in [0.25, 0.3) is 0 Å². The molecule has 1 N–H and O–H groups in total. The summed E-state index contributed by atoms with van der Waals surface area (Å²) in [5, 5.41) is 3.45. The van der Waals surface area contributed by atoms with E-state index in [1.165, 1.54) is 0 Å². The van der Waals surface area contributed by atoms with Crippen LogP contribution >= 0.6 is 11.6 Å². The third kappa shape index (κ3) is 9.34. The van der Waals surface area contributed by atoms with E-state index in [0.717, 1.165) is 18.4 Å². The molecule has 0 aliphatic carbocycles. The molecule has 5 nitrogen and oxygen atoms in total. The normalized spacial score (nSPS) is 12.4. The molecule has 0 saturated carbocycles. The van der Waals surface area contributed by atoms with Gasteiger partial charge in [0.2, 0.25) is 5.91 Å². The number of nitrogens with one attached hydrogen (secondary N) is 1. The summed E-state index contributed by atoms with van der Waals surface area (Å²) in [7, 11) is 1.75. The second-order valence-electron chi connectivity index (χ2n) is 7.31. The molecule has 0 aliphatic rings. The van der Waals surface area contributed by atoms with Crippen LogP contribution in [-0.2, 0) is 16.0 Å². The third-order valence-corrected chi connectivity index (χ3v) is 3.72. The molecule has 1 rings (SSSR count). The van der Waals surface area contributed by atoms with Crippen LogP contribution in [0.1, 0.15) is 46.1 Å². The second kappa shape index (κ2) is 9.66. The van der Waals surface area contributed by atoms with Gasteiger partial charge >= 0.3 is 6.09 Å². The van der Waals surface area contributed by atoms with Gasteiger partial charge in [-0.05, 0) is 58.2 Å². The minimum Gasteiger partial charge on any atom is -0.444 e. The maximum atomic E-state index is 12.2. The zero-order valence-electron chi connectivity index (χ0n) is 15.8. The molecule has 25 heavy (non-hydrogen) atoms. The van der Waals surface area contributed by atoms with E-state index in [0.29, 0.717) is 18.0 Å². The first kappa shape index (κ1) is 21.3. The fourth-order valence-electron chi connectivity index (χ4n) is 2.39. The molecule has 0 bridgehead atoms. The smallest absolute Gasteiger partial charge is 0.407 e. The number of carbonyl (C=O) groups is 2. The van der Waals surface area contributed by atoms with Gasteiger partial charge in [0.05, 0.1) is 0 Å². The van der Waals surface area contributed by atoms with Crippen molar-refractivity contribution in [1.82, 2.24) is 10.2 Å². The number of likely N-dealkylation sites (N-methyl/N-ethyl adjacent to an activating group) is 1. The van der Waals surface area contributed by atoms with Gasteiger partial charge in [-0.15, -0.1) is 0 Å². The van der Waals surface area contributed by atoms with Crippen LogP contribution in [-0.4, -0.2) is 42.1 Å². The predicted molar refractivity (Wildman–Crippen MR) is 101 cm³/mol. The number of benzene rings is 1. The highest BCUT2D eigenvalue weighted by Gasteiger charge is 2.19. The lowest BCUT2D eigenvalue weighted by atomic mass is 10.1. The summed E-state index contributed by atoms with van der Waals surface area (Å²) < 4.78 is 5.21. The Morgan fingerprint density at radius 2 is 2.00 bits per heavy atom. The molecule has 0 heterocycles. The number of hydrogen-bond donors (Lipinski definition) is 1. The maximum absolute atomic E-state index is 12.2. The van der Waals surface area contributed by atoms with Crippen molar-refractivity contribution in [3.05, 3.63) is 34.9 Å². The number of carbonyl (C=O) groups excluding carboxylic acids is 2. The van der Waals surface area contributed by atoms with Gasteiger partial charge in [0.1, 0.15) is 5.60 Å². The Balaban J connectivity index is 2.32. The maximum Gasteiger partial charge on any atom is 0.407 e. The van der Waals surface area contributed by atoms with E-state index in [1.54, 1.807) is 11.9 Å². The summed E-state index contributed by atoms with van der Waals surface area (Å²) in [6.45, 7) is 7.72. The average molecular weight is 369 g/mol. The third-order valence-electron chi connectivity index (χ3n) is 3.48. The van der Waals surface area contributed by atoms with Crippen LogP contribution in [0.4, 0.5) is 4.79 Å². The van der Waals surface area contributed by atoms with Crippen molar-refractivity contribution in [3.8, 4) is 0 Å². The van der Waals surface area contributed by atoms with Gasteiger partial charge in [-0.2, -0.15) is 0 Å². The molecule has 1 aromatic rings. The number of amides is 2. The molecule has 1 atom stereocenters. The highest BCUT2D eigenvalue weighted by atomic mass is 35.5. The van der Waals surface area contributed by atoms with Crippen LogP contribution in [0.3, 0.4) is 0 Å². The van der Waals surface area contributed by atoms with Crippen LogP contribution in [0.15, 0.2) is 24.3 Å². The van der Waals surface area contributed by atoms with Gasteiger partial charge in [0.15, 0.2) is 0 Å². The first-order chi connectivity index (χ1) is 11.6.